The third-order valence-corrected chi connectivity index (χ3v) is 4.44. The van der Waals surface area contributed by atoms with E-state index in [2.05, 4.69) is 15.9 Å². The molecule has 0 amide bonds. The maximum Gasteiger partial charge on any atom is 0.123 e. The molecule has 0 aromatic heterocycles. The maximum absolute atomic E-state index is 13.1. The number of nitriles is 1. The van der Waals surface area contributed by atoms with Crippen LogP contribution >= 0.6 is 0 Å². The van der Waals surface area contributed by atoms with Crippen LogP contribution in [-0.2, 0) is 0 Å². The van der Waals surface area contributed by atoms with Crippen LogP contribution in [0.3, 0.4) is 0 Å². The number of halogens is 1. The van der Waals surface area contributed by atoms with Crippen LogP contribution in [0, 0.1) is 17.1 Å². The first kappa shape index (κ1) is 17.2. The predicted octanol–water partition coefficient (Wildman–Crippen LogP) is 3.29. The summed E-state index contributed by atoms with van der Waals surface area (Å²) >= 11 is 0. The molecule has 2 aromatic rings. The molecule has 25 heavy (non-hydrogen) atoms. The lowest BCUT2D eigenvalue weighted by Gasteiger charge is -2.23. The first-order valence-electron chi connectivity index (χ1n) is 8.60. The van der Waals surface area contributed by atoms with Crippen molar-refractivity contribution in [3.63, 3.8) is 0 Å². The highest BCUT2D eigenvalue weighted by molar-refractivity contribution is 5.46. The van der Waals surface area contributed by atoms with Gasteiger partial charge in [-0.1, -0.05) is 0 Å². The van der Waals surface area contributed by atoms with Crippen LogP contribution in [-0.4, -0.2) is 44.2 Å². The van der Waals surface area contributed by atoms with Crippen LogP contribution in [0.4, 0.5) is 10.1 Å². The van der Waals surface area contributed by atoms with Crippen molar-refractivity contribution in [2.45, 2.75) is 6.42 Å². The van der Waals surface area contributed by atoms with E-state index in [4.69, 9.17) is 10.00 Å². The zero-order chi connectivity index (χ0) is 17.5. The Balaban J connectivity index is 1.45. The highest BCUT2D eigenvalue weighted by Gasteiger charge is 2.15. The van der Waals surface area contributed by atoms with Crippen LogP contribution in [0.1, 0.15) is 12.0 Å². The Morgan fingerprint density at radius 3 is 2.44 bits per heavy atom. The van der Waals surface area contributed by atoms with Gasteiger partial charge in [0.2, 0.25) is 0 Å². The molecule has 1 heterocycles. The van der Waals surface area contributed by atoms with Crippen molar-refractivity contribution in [1.29, 1.82) is 5.26 Å². The van der Waals surface area contributed by atoms with Gasteiger partial charge in [0.25, 0.3) is 0 Å². The Labute approximate surface area is 148 Å². The van der Waals surface area contributed by atoms with E-state index in [0.717, 1.165) is 50.6 Å². The Bertz CT molecular complexity index is 709. The van der Waals surface area contributed by atoms with Gasteiger partial charge in [0.1, 0.15) is 18.2 Å². The van der Waals surface area contributed by atoms with E-state index in [0.29, 0.717) is 12.2 Å². The minimum atomic E-state index is -0.194. The van der Waals surface area contributed by atoms with Crippen molar-refractivity contribution in [3.05, 3.63) is 59.9 Å². The predicted molar refractivity (Wildman–Crippen MR) is 96.3 cm³/mol. The number of ether oxygens (including phenoxy) is 1. The topological polar surface area (TPSA) is 39.5 Å². The summed E-state index contributed by atoms with van der Waals surface area (Å²) in [5, 5.41) is 8.80. The van der Waals surface area contributed by atoms with Crippen LogP contribution in [0.2, 0.25) is 0 Å². The molecule has 1 fully saturated rings. The summed E-state index contributed by atoms with van der Waals surface area (Å²) in [5.41, 5.74) is 1.72. The lowest BCUT2D eigenvalue weighted by atomic mass is 10.2. The van der Waals surface area contributed by atoms with E-state index in [1.54, 1.807) is 12.1 Å². The molecule has 0 N–H and O–H groups in total. The molecule has 0 spiro atoms. The monoisotopic (exact) mass is 339 g/mol. The molecule has 2 aromatic carbocycles. The van der Waals surface area contributed by atoms with Gasteiger partial charge < -0.3 is 9.64 Å². The third kappa shape index (κ3) is 4.94. The summed E-state index contributed by atoms with van der Waals surface area (Å²) in [6, 6.07) is 16.0. The Hall–Kier alpha value is -2.58. The Morgan fingerprint density at radius 1 is 0.960 bits per heavy atom. The van der Waals surface area contributed by atoms with E-state index in [1.807, 2.05) is 24.3 Å². The molecule has 0 atom stereocenters. The summed E-state index contributed by atoms with van der Waals surface area (Å²) in [4.78, 5) is 4.70. The lowest BCUT2D eigenvalue weighted by molar-refractivity contribution is 0.218. The zero-order valence-corrected chi connectivity index (χ0v) is 14.2. The standard InChI is InChI=1S/C20H22FN3O/c21-18-4-6-19(7-5-18)24-11-1-10-23(12-13-24)14-15-25-20-8-2-17(16-22)3-9-20/h2-9H,1,10-15H2. The first-order valence-corrected chi connectivity index (χ1v) is 8.60. The number of benzene rings is 2. The normalized spacial score (nSPS) is 15.4. The van der Waals surface area contributed by atoms with Crippen LogP contribution < -0.4 is 9.64 Å². The van der Waals surface area contributed by atoms with Gasteiger partial charge in [-0.3, -0.25) is 4.90 Å². The SMILES string of the molecule is N#Cc1ccc(OCCN2CCCN(c3ccc(F)cc3)CC2)cc1. The third-order valence-electron chi connectivity index (χ3n) is 4.44. The van der Waals surface area contributed by atoms with Gasteiger partial charge in [-0.05, 0) is 55.0 Å². The number of nitrogens with zero attached hydrogens (tertiary/aromatic N) is 3. The molecule has 0 radical (unpaired) electrons. The van der Waals surface area contributed by atoms with Crippen LogP contribution in [0.15, 0.2) is 48.5 Å². The van der Waals surface area contributed by atoms with Crippen molar-refractivity contribution in [3.8, 4) is 11.8 Å². The second-order valence-corrected chi connectivity index (χ2v) is 6.14. The number of hydrogen-bond donors (Lipinski definition) is 0. The van der Waals surface area contributed by atoms with Gasteiger partial charge >= 0.3 is 0 Å². The molecule has 0 saturated carbocycles. The number of anilines is 1. The van der Waals surface area contributed by atoms with E-state index in [-0.39, 0.29) is 5.82 Å². The average Bonchev–Trinajstić information content (AvgIpc) is 2.89. The fourth-order valence-corrected chi connectivity index (χ4v) is 3.02. The van der Waals surface area contributed by atoms with E-state index >= 15 is 0 Å². The van der Waals surface area contributed by atoms with Crippen molar-refractivity contribution in [2.75, 3.05) is 44.2 Å². The molecule has 4 nitrogen and oxygen atoms in total. The molecule has 1 aliphatic rings. The van der Waals surface area contributed by atoms with Gasteiger partial charge in [0.05, 0.1) is 11.6 Å². The molecule has 1 saturated heterocycles. The quantitative estimate of drug-likeness (QED) is 0.838. The highest BCUT2D eigenvalue weighted by Crippen LogP contribution is 2.17. The summed E-state index contributed by atoms with van der Waals surface area (Å²) < 4.78 is 18.8. The fraction of sp³-hybridized carbons (Fsp3) is 0.350. The second-order valence-electron chi connectivity index (χ2n) is 6.14. The Morgan fingerprint density at radius 2 is 1.72 bits per heavy atom. The molecule has 0 bridgehead atoms. The summed E-state index contributed by atoms with van der Waals surface area (Å²) in [5.74, 6) is 0.599. The molecule has 130 valence electrons. The maximum atomic E-state index is 13.1. The molecule has 5 heteroatoms. The zero-order valence-electron chi connectivity index (χ0n) is 14.2. The van der Waals surface area contributed by atoms with Crippen molar-refractivity contribution >= 4 is 5.69 Å². The van der Waals surface area contributed by atoms with E-state index < -0.39 is 0 Å². The highest BCUT2D eigenvalue weighted by atomic mass is 19.1. The molecule has 0 aliphatic carbocycles. The summed E-state index contributed by atoms with van der Waals surface area (Å²) in [6.07, 6.45) is 1.08. The molecule has 1 aliphatic heterocycles. The smallest absolute Gasteiger partial charge is 0.123 e. The van der Waals surface area contributed by atoms with Gasteiger partial charge in [0.15, 0.2) is 0 Å². The van der Waals surface area contributed by atoms with Crippen LogP contribution in [0.25, 0.3) is 0 Å². The van der Waals surface area contributed by atoms with Crippen molar-refractivity contribution in [2.24, 2.45) is 0 Å². The van der Waals surface area contributed by atoms with Crippen molar-refractivity contribution < 1.29 is 9.13 Å². The number of rotatable bonds is 5. The van der Waals surface area contributed by atoms with E-state index in [1.165, 1.54) is 12.1 Å². The molecular weight excluding hydrogens is 317 g/mol. The second kappa shape index (κ2) is 8.50. The van der Waals surface area contributed by atoms with E-state index in [9.17, 15) is 4.39 Å². The summed E-state index contributed by atoms with van der Waals surface area (Å²) in [7, 11) is 0. The lowest BCUT2D eigenvalue weighted by Crippen LogP contribution is -2.33. The van der Waals surface area contributed by atoms with Gasteiger partial charge in [-0.2, -0.15) is 5.26 Å². The molecule has 0 unspecified atom stereocenters. The van der Waals surface area contributed by atoms with Gasteiger partial charge in [-0.15, -0.1) is 0 Å². The van der Waals surface area contributed by atoms with Gasteiger partial charge in [-0.25, -0.2) is 4.39 Å². The summed E-state index contributed by atoms with van der Waals surface area (Å²) in [6.45, 7) is 5.42. The largest absolute Gasteiger partial charge is 0.492 e. The van der Waals surface area contributed by atoms with Crippen molar-refractivity contribution in [1.82, 2.24) is 4.90 Å². The fourth-order valence-electron chi connectivity index (χ4n) is 3.02. The van der Waals surface area contributed by atoms with Crippen LogP contribution in [0.5, 0.6) is 5.75 Å². The Kier molecular flexibility index (Phi) is 5.86. The molecular formula is C20H22FN3O. The average molecular weight is 339 g/mol. The molecule has 3 rings (SSSR count). The minimum Gasteiger partial charge on any atom is -0.492 e. The number of hydrogen-bond acceptors (Lipinski definition) is 4. The first-order chi connectivity index (χ1) is 12.2. The van der Waals surface area contributed by atoms with Gasteiger partial charge in [0, 0.05) is 38.4 Å². The minimum absolute atomic E-state index is 0.194.